The van der Waals surface area contributed by atoms with Crippen LogP contribution in [-0.2, 0) is 6.61 Å². The lowest BCUT2D eigenvalue weighted by molar-refractivity contribution is 0.280. The average Bonchev–Trinajstić information content (AvgIpc) is 2.28. The summed E-state index contributed by atoms with van der Waals surface area (Å²) >= 11 is 0. The Kier molecular flexibility index (Phi) is 2.93. The fraction of sp³-hybridized carbons (Fsp3) is 0.167. The molecular weight excluding hydrogens is 188 g/mol. The molecule has 3 nitrogen and oxygen atoms in total. The Labute approximate surface area is 88.8 Å². The molecule has 0 aliphatic carbocycles. The zero-order chi connectivity index (χ0) is 10.5. The average molecular weight is 200 g/mol. The molecule has 1 heterocycles. The molecule has 0 atom stereocenters. The summed E-state index contributed by atoms with van der Waals surface area (Å²) in [6.45, 7) is 2.56. The lowest BCUT2D eigenvalue weighted by atomic mass is 10.1. The topological polar surface area (TPSA) is 35.0 Å². The fourth-order valence-corrected chi connectivity index (χ4v) is 1.31. The van der Waals surface area contributed by atoms with E-state index in [4.69, 9.17) is 4.74 Å². The van der Waals surface area contributed by atoms with Crippen LogP contribution in [0.2, 0.25) is 0 Å². The molecule has 2 aromatic rings. The van der Waals surface area contributed by atoms with Gasteiger partial charge in [0.05, 0.1) is 0 Å². The Hall–Kier alpha value is -1.90. The maximum absolute atomic E-state index is 5.42. The van der Waals surface area contributed by atoms with Crippen LogP contribution in [0.5, 0.6) is 6.01 Å². The Balaban J connectivity index is 1.99. The van der Waals surface area contributed by atoms with Gasteiger partial charge in [0.1, 0.15) is 6.61 Å². The minimum atomic E-state index is 0.416. The van der Waals surface area contributed by atoms with E-state index in [-0.39, 0.29) is 0 Å². The molecule has 0 spiro atoms. The summed E-state index contributed by atoms with van der Waals surface area (Å²) in [7, 11) is 0. The SMILES string of the molecule is Cc1cccc(COc2ncccn2)c1. The zero-order valence-corrected chi connectivity index (χ0v) is 8.55. The first-order valence-corrected chi connectivity index (χ1v) is 4.80. The van der Waals surface area contributed by atoms with Gasteiger partial charge in [0.2, 0.25) is 0 Å². The van der Waals surface area contributed by atoms with E-state index in [2.05, 4.69) is 29.0 Å². The summed E-state index contributed by atoms with van der Waals surface area (Å²) in [4.78, 5) is 7.97. The van der Waals surface area contributed by atoms with E-state index in [0.717, 1.165) is 5.56 Å². The van der Waals surface area contributed by atoms with Crippen LogP contribution in [0.3, 0.4) is 0 Å². The van der Waals surface area contributed by atoms with Gasteiger partial charge in [-0.15, -0.1) is 0 Å². The first-order valence-electron chi connectivity index (χ1n) is 4.80. The number of hydrogen-bond donors (Lipinski definition) is 0. The smallest absolute Gasteiger partial charge is 0.316 e. The van der Waals surface area contributed by atoms with Gasteiger partial charge in [-0.3, -0.25) is 0 Å². The van der Waals surface area contributed by atoms with E-state index in [1.165, 1.54) is 5.56 Å². The van der Waals surface area contributed by atoms with Crippen LogP contribution >= 0.6 is 0 Å². The minimum Gasteiger partial charge on any atom is -0.459 e. The fourth-order valence-electron chi connectivity index (χ4n) is 1.31. The highest BCUT2D eigenvalue weighted by Crippen LogP contribution is 2.07. The molecular formula is C12H12N2O. The number of aromatic nitrogens is 2. The van der Waals surface area contributed by atoms with Crippen LogP contribution in [0, 0.1) is 6.92 Å². The second kappa shape index (κ2) is 4.55. The van der Waals surface area contributed by atoms with Crippen molar-refractivity contribution in [1.29, 1.82) is 0 Å². The molecule has 0 bridgehead atoms. The molecule has 15 heavy (non-hydrogen) atoms. The Morgan fingerprint density at radius 2 is 1.93 bits per heavy atom. The molecule has 0 N–H and O–H groups in total. The lowest BCUT2D eigenvalue weighted by Crippen LogP contribution is -1.98. The van der Waals surface area contributed by atoms with E-state index >= 15 is 0 Å². The van der Waals surface area contributed by atoms with Gasteiger partial charge in [0.15, 0.2) is 0 Å². The van der Waals surface area contributed by atoms with Crippen molar-refractivity contribution in [3.63, 3.8) is 0 Å². The van der Waals surface area contributed by atoms with E-state index in [1.54, 1.807) is 18.5 Å². The third-order valence-corrected chi connectivity index (χ3v) is 1.99. The van der Waals surface area contributed by atoms with Crippen molar-refractivity contribution in [3.8, 4) is 6.01 Å². The molecule has 1 aromatic heterocycles. The van der Waals surface area contributed by atoms with Crippen molar-refractivity contribution in [3.05, 3.63) is 53.9 Å². The standard InChI is InChI=1S/C12H12N2O/c1-10-4-2-5-11(8-10)9-15-12-13-6-3-7-14-12/h2-8H,9H2,1H3. The minimum absolute atomic E-state index is 0.416. The molecule has 0 saturated carbocycles. The summed E-state index contributed by atoms with van der Waals surface area (Å²) in [5.41, 5.74) is 2.35. The quantitative estimate of drug-likeness (QED) is 0.762. The zero-order valence-electron chi connectivity index (χ0n) is 8.55. The summed E-state index contributed by atoms with van der Waals surface area (Å²) in [6, 6.07) is 10.4. The summed E-state index contributed by atoms with van der Waals surface area (Å²) < 4.78 is 5.42. The Bertz CT molecular complexity index is 429. The molecule has 76 valence electrons. The highest BCUT2D eigenvalue weighted by Gasteiger charge is 1.97. The van der Waals surface area contributed by atoms with Gasteiger partial charge < -0.3 is 4.74 Å². The van der Waals surface area contributed by atoms with E-state index < -0.39 is 0 Å². The summed E-state index contributed by atoms with van der Waals surface area (Å²) in [5, 5.41) is 0. The van der Waals surface area contributed by atoms with E-state index in [0.29, 0.717) is 12.6 Å². The number of benzene rings is 1. The van der Waals surface area contributed by atoms with Gasteiger partial charge in [-0.1, -0.05) is 29.8 Å². The van der Waals surface area contributed by atoms with Gasteiger partial charge in [-0.05, 0) is 18.6 Å². The molecule has 0 radical (unpaired) electrons. The highest BCUT2D eigenvalue weighted by atomic mass is 16.5. The van der Waals surface area contributed by atoms with E-state index in [1.807, 2.05) is 12.1 Å². The van der Waals surface area contributed by atoms with Crippen LogP contribution < -0.4 is 4.74 Å². The van der Waals surface area contributed by atoms with Crippen molar-refractivity contribution >= 4 is 0 Å². The van der Waals surface area contributed by atoms with Crippen LogP contribution in [-0.4, -0.2) is 9.97 Å². The highest BCUT2D eigenvalue weighted by molar-refractivity contribution is 5.21. The number of aryl methyl sites for hydroxylation is 1. The van der Waals surface area contributed by atoms with Gasteiger partial charge in [-0.2, -0.15) is 0 Å². The Morgan fingerprint density at radius 1 is 1.13 bits per heavy atom. The molecule has 0 amide bonds. The van der Waals surface area contributed by atoms with Crippen LogP contribution in [0.4, 0.5) is 0 Å². The number of hydrogen-bond acceptors (Lipinski definition) is 3. The second-order valence-electron chi connectivity index (χ2n) is 3.31. The van der Waals surface area contributed by atoms with Crippen molar-refractivity contribution in [1.82, 2.24) is 9.97 Å². The number of rotatable bonds is 3. The number of nitrogens with zero attached hydrogens (tertiary/aromatic N) is 2. The monoisotopic (exact) mass is 200 g/mol. The first kappa shape index (κ1) is 9.65. The van der Waals surface area contributed by atoms with Gasteiger partial charge >= 0.3 is 6.01 Å². The van der Waals surface area contributed by atoms with E-state index in [9.17, 15) is 0 Å². The van der Waals surface area contributed by atoms with Crippen LogP contribution in [0.25, 0.3) is 0 Å². The van der Waals surface area contributed by atoms with Crippen molar-refractivity contribution in [2.75, 3.05) is 0 Å². The third-order valence-electron chi connectivity index (χ3n) is 1.99. The largest absolute Gasteiger partial charge is 0.459 e. The predicted molar refractivity (Wildman–Crippen MR) is 57.5 cm³/mol. The molecule has 0 unspecified atom stereocenters. The van der Waals surface area contributed by atoms with Crippen molar-refractivity contribution in [2.24, 2.45) is 0 Å². The van der Waals surface area contributed by atoms with Gasteiger partial charge in [0, 0.05) is 12.4 Å². The number of ether oxygens (including phenoxy) is 1. The molecule has 0 aliphatic heterocycles. The molecule has 0 fully saturated rings. The molecule has 2 rings (SSSR count). The predicted octanol–water partition coefficient (Wildman–Crippen LogP) is 2.36. The van der Waals surface area contributed by atoms with Crippen molar-refractivity contribution < 1.29 is 4.74 Å². The van der Waals surface area contributed by atoms with Gasteiger partial charge in [-0.25, -0.2) is 9.97 Å². The van der Waals surface area contributed by atoms with Crippen LogP contribution in [0.15, 0.2) is 42.7 Å². The third kappa shape index (κ3) is 2.77. The maximum Gasteiger partial charge on any atom is 0.316 e. The Morgan fingerprint density at radius 3 is 2.67 bits per heavy atom. The normalized spacial score (nSPS) is 9.93. The maximum atomic E-state index is 5.42. The lowest BCUT2D eigenvalue weighted by Gasteiger charge is -2.04. The van der Waals surface area contributed by atoms with Crippen molar-refractivity contribution in [2.45, 2.75) is 13.5 Å². The van der Waals surface area contributed by atoms with Crippen LogP contribution in [0.1, 0.15) is 11.1 Å². The summed E-state index contributed by atoms with van der Waals surface area (Å²) in [5.74, 6) is 0. The molecule has 0 saturated heterocycles. The molecule has 0 aliphatic rings. The second-order valence-corrected chi connectivity index (χ2v) is 3.31. The molecule has 3 heteroatoms. The first-order chi connectivity index (χ1) is 7.34. The summed E-state index contributed by atoms with van der Waals surface area (Å²) in [6.07, 6.45) is 3.33. The van der Waals surface area contributed by atoms with Gasteiger partial charge in [0.25, 0.3) is 0 Å². The molecule has 1 aromatic carbocycles.